The zero-order valence-corrected chi connectivity index (χ0v) is 16.4. The van der Waals surface area contributed by atoms with Gasteiger partial charge in [0, 0.05) is 51.1 Å². The Hall–Kier alpha value is -3.29. The number of amides is 2. The zero-order chi connectivity index (χ0) is 20.2. The lowest BCUT2D eigenvalue weighted by Gasteiger charge is -2.36. The molecule has 8 heteroatoms. The maximum atomic E-state index is 12.9. The van der Waals surface area contributed by atoms with Crippen LogP contribution in [-0.2, 0) is 9.59 Å². The van der Waals surface area contributed by atoms with E-state index in [9.17, 15) is 9.59 Å². The normalized spacial score (nSPS) is 15.8. The van der Waals surface area contributed by atoms with Crippen molar-refractivity contribution in [2.24, 2.45) is 0 Å². The highest BCUT2D eigenvalue weighted by Gasteiger charge is 2.25. The van der Waals surface area contributed by atoms with Crippen molar-refractivity contribution in [2.45, 2.75) is 6.92 Å². The molecule has 152 valence electrons. The molecule has 2 amide bonds. The zero-order valence-electron chi connectivity index (χ0n) is 16.4. The molecule has 1 saturated heterocycles. The van der Waals surface area contributed by atoms with Crippen molar-refractivity contribution in [2.75, 3.05) is 55.7 Å². The first-order chi connectivity index (χ1) is 14.1. The molecule has 0 saturated carbocycles. The number of fused-ring (bicyclic) bond motifs is 1. The van der Waals surface area contributed by atoms with Gasteiger partial charge >= 0.3 is 0 Å². The minimum absolute atomic E-state index is 0.00142. The predicted molar refractivity (Wildman–Crippen MR) is 108 cm³/mol. The SMILES string of the molecule is CC(=O)N(CC(=O)N1CCN(c2ccccn2)CC1)c1ccc2c(c1)OCCO2. The van der Waals surface area contributed by atoms with Crippen LogP contribution in [0.5, 0.6) is 11.5 Å². The van der Waals surface area contributed by atoms with Crippen molar-refractivity contribution in [3.05, 3.63) is 42.6 Å². The fraction of sp³-hybridized carbons (Fsp3) is 0.381. The number of pyridine rings is 1. The smallest absolute Gasteiger partial charge is 0.242 e. The highest BCUT2D eigenvalue weighted by atomic mass is 16.6. The second kappa shape index (κ2) is 8.38. The van der Waals surface area contributed by atoms with Gasteiger partial charge in [-0.05, 0) is 24.3 Å². The van der Waals surface area contributed by atoms with E-state index in [2.05, 4.69) is 9.88 Å². The van der Waals surface area contributed by atoms with Crippen molar-refractivity contribution in [3.63, 3.8) is 0 Å². The number of hydrogen-bond acceptors (Lipinski definition) is 6. The Morgan fingerprint density at radius 1 is 1.03 bits per heavy atom. The van der Waals surface area contributed by atoms with Gasteiger partial charge in [0.05, 0.1) is 0 Å². The van der Waals surface area contributed by atoms with Gasteiger partial charge in [-0.3, -0.25) is 9.59 Å². The predicted octanol–water partition coefficient (Wildman–Crippen LogP) is 1.55. The molecule has 1 aromatic heterocycles. The summed E-state index contributed by atoms with van der Waals surface area (Å²) in [5.41, 5.74) is 0.627. The van der Waals surface area contributed by atoms with E-state index in [4.69, 9.17) is 9.47 Å². The minimum atomic E-state index is -0.192. The molecular formula is C21H24N4O4. The number of benzene rings is 1. The Labute approximate surface area is 169 Å². The first-order valence-electron chi connectivity index (χ1n) is 9.73. The number of carbonyl (C=O) groups excluding carboxylic acids is 2. The topological polar surface area (TPSA) is 75.2 Å². The first kappa shape index (κ1) is 19.0. The van der Waals surface area contributed by atoms with E-state index >= 15 is 0 Å². The third kappa shape index (κ3) is 4.26. The van der Waals surface area contributed by atoms with Crippen LogP contribution in [0.3, 0.4) is 0 Å². The molecule has 2 aliphatic rings. The quantitative estimate of drug-likeness (QED) is 0.781. The lowest BCUT2D eigenvalue weighted by atomic mass is 10.2. The largest absolute Gasteiger partial charge is 0.486 e. The van der Waals surface area contributed by atoms with Gasteiger partial charge in [-0.25, -0.2) is 4.98 Å². The molecule has 0 bridgehead atoms. The van der Waals surface area contributed by atoms with Crippen LogP contribution in [0.2, 0.25) is 0 Å². The molecule has 0 unspecified atom stereocenters. The number of ether oxygens (including phenoxy) is 2. The molecule has 8 nitrogen and oxygen atoms in total. The third-order valence-corrected chi connectivity index (χ3v) is 5.12. The fourth-order valence-corrected chi connectivity index (χ4v) is 3.55. The van der Waals surface area contributed by atoms with Gasteiger partial charge in [0.1, 0.15) is 25.6 Å². The molecule has 29 heavy (non-hydrogen) atoms. The molecule has 1 fully saturated rings. The lowest BCUT2D eigenvalue weighted by molar-refractivity contribution is -0.131. The number of aromatic nitrogens is 1. The minimum Gasteiger partial charge on any atom is -0.486 e. The van der Waals surface area contributed by atoms with E-state index in [0.29, 0.717) is 56.6 Å². The Bertz CT molecular complexity index is 882. The number of piperazine rings is 1. The summed E-state index contributed by atoms with van der Waals surface area (Å²) in [6.07, 6.45) is 1.77. The molecule has 3 heterocycles. The Balaban J connectivity index is 1.40. The van der Waals surface area contributed by atoms with Crippen molar-refractivity contribution >= 4 is 23.3 Å². The molecular weight excluding hydrogens is 372 g/mol. The standard InChI is InChI=1S/C21H24N4O4/c1-16(26)25(17-5-6-18-19(14-17)29-13-12-28-18)15-21(27)24-10-8-23(9-11-24)20-4-2-3-7-22-20/h2-7,14H,8-13,15H2,1H3. The monoisotopic (exact) mass is 396 g/mol. The van der Waals surface area contributed by atoms with Crippen LogP contribution in [0.4, 0.5) is 11.5 Å². The van der Waals surface area contributed by atoms with Gasteiger partial charge in [-0.15, -0.1) is 0 Å². The van der Waals surface area contributed by atoms with Gasteiger partial charge in [-0.2, -0.15) is 0 Å². The Morgan fingerprint density at radius 2 is 1.79 bits per heavy atom. The molecule has 0 aliphatic carbocycles. The molecule has 2 aliphatic heterocycles. The Kier molecular flexibility index (Phi) is 5.50. The number of anilines is 2. The molecule has 4 rings (SSSR count). The maximum absolute atomic E-state index is 12.9. The van der Waals surface area contributed by atoms with Crippen LogP contribution in [0.25, 0.3) is 0 Å². The molecule has 0 N–H and O–H groups in total. The van der Waals surface area contributed by atoms with E-state index in [-0.39, 0.29) is 18.4 Å². The third-order valence-electron chi connectivity index (χ3n) is 5.12. The summed E-state index contributed by atoms with van der Waals surface area (Å²) in [6.45, 7) is 5.06. The van der Waals surface area contributed by atoms with Gasteiger partial charge < -0.3 is 24.2 Å². The van der Waals surface area contributed by atoms with Crippen molar-refractivity contribution in [1.29, 1.82) is 0 Å². The van der Waals surface area contributed by atoms with Crippen LogP contribution in [0, 0.1) is 0 Å². The summed E-state index contributed by atoms with van der Waals surface area (Å²) in [5.74, 6) is 1.90. The summed E-state index contributed by atoms with van der Waals surface area (Å²) < 4.78 is 11.1. The molecule has 2 aromatic rings. The molecule has 0 atom stereocenters. The molecule has 0 radical (unpaired) electrons. The van der Waals surface area contributed by atoms with Crippen molar-refractivity contribution in [3.8, 4) is 11.5 Å². The molecule has 1 aromatic carbocycles. The van der Waals surface area contributed by atoms with Gasteiger partial charge in [-0.1, -0.05) is 6.07 Å². The van der Waals surface area contributed by atoms with E-state index in [1.165, 1.54) is 11.8 Å². The van der Waals surface area contributed by atoms with E-state index in [1.54, 1.807) is 29.3 Å². The van der Waals surface area contributed by atoms with E-state index in [1.807, 2.05) is 18.2 Å². The summed E-state index contributed by atoms with van der Waals surface area (Å²) in [4.78, 5) is 34.9. The van der Waals surface area contributed by atoms with Gasteiger partial charge in [0.15, 0.2) is 11.5 Å². The summed E-state index contributed by atoms with van der Waals surface area (Å²) in [5, 5.41) is 0. The first-order valence-corrected chi connectivity index (χ1v) is 9.73. The van der Waals surface area contributed by atoms with Gasteiger partial charge in [0.2, 0.25) is 11.8 Å². The highest BCUT2D eigenvalue weighted by molar-refractivity contribution is 5.97. The summed E-state index contributed by atoms with van der Waals surface area (Å²) in [6, 6.07) is 11.1. The van der Waals surface area contributed by atoms with Crippen LogP contribution in [-0.4, -0.2) is 67.6 Å². The Morgan fingerprint density at radius 3 is 2.48 bits per heavy atom. The maximum Gasteiger partial charge on any atom is 0.242 e. The summed E-state index contributed by atoms with van der Waals surface area (Å²) in [7, 11) is 0. The van der Waals surface area contributed by atoms with Crippen LogP contribution in [0.15, 0.2) is 42.6 Å². The molecule has 0 spiro atoms. The number of carbonyl (C=O) groups is 2. The summed E-state index contributed by atoms with van der Waals surface area (Å²) >= 11 is 0. The van der Waals surface area contributed by atoms with Crippen LogP contribution < -0.4 is 19.3 Å². The van der Waals surface area contributed by atoms with Crippen molar-refractivity contribution < 1.29 is 19.1 Å². The lowest BCUT2D eigenvalue weighted by Crippen LogP contribution is -2.52. The number of rotatable bonds is 4. The van der Waals surface area contributed by atoms with Crippen LogP contribution >= 0.6 is 0 Å². The second-order valence-corrected chi connectivity index (χ2v) is 6.99. The number of nitrogens with zero attached hydrogens (tertiary/aromatic N) is 4. The van der Waals surface area contributed by atoms with Crippen molar-refractivity contribution in [1.82, 2.24) is 9.88 Å². The second-order valence-electron chi connectivity index (χ2n) is 6.99. The van der Waals surface area contributed by atoms with Gasteiger partial charge in [0.25, 0.3) is 0 Å². The average molecular weight is 396 g/mol. The van der Waals surface area contributed by atoms with E-state index in [0.717, 1.165) is 5.82 Å². The van der Waals surface area contributed by atoms with Crippen LogP contribution in [0.1, 0.15) is 6.92 Å². The highest BCUT2D eigenvalue weighted by Crippen LogP contribution is 2.34. The number of hydrogen-bond donors (Lipinski definition) is 0. The van der Waals surface area contributed by atoms with E-state index < -0.39 is 0 Å². The fourth-order valence-electron chi connectivity index (χ4n) is 3.55. The average Bonchev–Trinajstić information content (AvgIpc) is 2.77.